The molecule has 2 aromatic rings. The van der Waals surface area contributed by atoms with Crippen LogP contribution >= 0.6 is 11.3 Å². The Hall–Kier alpha value is -2.68. The number of hydrogen-bond donors (Lipinski definition) is 3. The van der Waals surface area contributed by atoms with Gasteiger partial charge in [0.15, 0.2) is 0 Å². The average Bonchev–Trinajstić information content (AvgIpc) is 3.01. The predicted molar refractivity (Wildman–Crippen MR) is 113 cm³/mol. The number of carbonyl (C=O) groups is 3. The summed E-state index contributed by atoms with van der Waals surface area (Å²) in [7, 11) is 0. The highest BCUT2D eigenvalue weighted by molar-refractivity contribution is 7.21. The standard InChI is InChI=1S/C20H27N5O3S/c1-10(2)20(28)25-7-5-13(6-8-25)17(26)23-24-18(27)16-15(21)14-11(3)9-12(4)22-19(14)29-16/h9-10,13H,5-8,21H2,1-4H3,(H,23,26)(H,24,27). The summed E-state index contributed by atoms with van der Waals surface area (Å²) in [6.45, 7) is 8.67. The molecule has 3 rings (SSSR count). The van der Waals surface area contributed by atoms with Crippen molar-refractivity contribution in [3.8, 4) is 0 Å². The molecule has 0 spiro atoms. The van der Waals surface area contributed by atoms with Gasteiger partial charge >= 0.3 is 0 Å². The molecule has 1 fully saturated rings. The molecule has 0 aromatic carbocycles. The normalized spacial score (nSPS) is 15.0. The number of nitrogens with zero attached hydrogens (tertiary/aromatic N) is 2. The van der Waals surface area contributed by atoms with Gasteiger partial charge in [0.05, 0.1) is 5.69 Å². The van der Waals surface area contributed by atoms with Crippen molar-refractivity contribution in [3.05, 3.63) is 22.2 Å². The van der Waals surface area contributed by atoms with Crippen LogP contribution < -0.4 is 16.6 Å². The molecule has 4 N–H and O–H groups in total. The Kier molecular flexibility index (Phi) is 6.07. The number of fused-ring (bicyclic) bond motifs is 1. The van der Waals surface area contributed by atoms with Crippen LogP contribution in [0, 0.1) is 25.7 Å². The lowest BCUT2D eigenvalue weighted by atomic mass is 9.95. The lowest BCUT2D eigenvalue weighted by molar-refractivity contribution is -0.138. The highest BCUT2D eigenvalue weighted by Gasteiger charge is 2.28. The molecule has 0 bridgehead atoms. The van der Waals surface area contributed by atoms with Gasteiger partial charge in [-0.3, -0.25) is 25.2 Å². The molecule has 3 heterocycles. The van der Waals surface area contributed by atoms with Gasteiger partial charge in [-0.05, 0) is 38.3 Å². The lowest BCUT2D eigenvalue weighted by Crippen LogP contribution is -2.48. The third kappa shape index (κ3) is 4.34. The molecule has 0 unspecified atom stereocenters. The van der Waals surface area contributed by atoms with Crippen LogP contribution in [0.2, 0.25) is 0 Å². The predicted octanol–water partition coefficient (Wildman–Crippen LogP) is 2.15. The van der Waals surface area contributed by atoms with Gasteiger partial charge in [-0.25, -0.2) is 4.98 Å². The number of hydrogen-bond acceptors (Lipinski definition) is 6. The minimum absolute atomic E-state index is 0.0478. The van der Waals surface area contributed by atoms with Gasteiger partial charge < -0.3 is 10.6 Å². The van der Waals surface area contributed by atoms with Crippen LogP contribution in [-0.4, -0.2) is 40.7 Å². The van der Waals surface area contributed by atoms with Crippen molar-refractivity contribution in [1.82, 2.24) is 20.7 Å². The molecule has 1 saturated heterocycles. The summed E-state index contributed by atoms with van der Waals surface area (Å²) in [6, 6.07) is 1.92. The van der Waals surface area contributed by atoms with Gasteiger partial charge in [0.25, 0.3) is 5.91 Å². The Morgan fingerprint density at radius 2 is 1.86 bits per heavy atom. The van der Waals surface area contributed by atoms with Crippen molar-refractivity contribution in [3.63, 3.8) is 0 Å². The van der Waals surface area contributed by atoms with E-state index in [0.29, 0.717) is 41.3 Å². The number of nitrogens with one attached hydrogen (secondary N) is 2. The highest BCUT2D eigenvalue weighted by atomic mass is 32.1. The number of thiophene rings is 1. The number of aryl methyl sites for hydroxylation is 2. The van der Waals surface area contributed by atoms with E-state index in [1.807, 2.05) is 33.8 Å². The Labute approximate surface area is 173 Å². The van der Waals surface area contributed by atoms with E-state index in [2.05, 4.69) is 15.8 Å². The maximum atomic E-state index is 12.6. The Morgan fingerprint density at radius 3 is 2.48 bits per heavy atom. The number of amides is 3. The first-order chi connectivity index (χ1) is 13.7. The Balaban J connectivity index is 1.59. The van der Waals surface area contributed by atoms with Gasteiger partial charge in [-0.2, -0.15) is 0 Å². The fourth-order valence-electron chi connectivity index (χ4n) is 3.64. The second-order valence-electron chi connectivity index (χ2n) is 7.80. The summed E-state index contributed by atoms with van der Waals surface area (Å²) in [5.74, 6) is -0.883. The second kappa shape index (κ2) is 8.36. The molecular formula is C20H27N5O3S. The first-order valence-electron chi connectivity index (χ1n) is 9.74. The van der Waals surface area contributed by atoms with Crippen LogP contribution in [0.15, 0.2) is 6.07 Å². The van der Waals surface area contributed by atoms with E-state index in [0.717, 1.165) is 16.6 Å². The zero-order valence-electron chi connectivity index (χ0n) is 17.2. The van der Waals surface area contributed by atoms with Crippen LogP contribution in [0.4, 0.5) is 5.69 Å². The van der Waals surface area contributed by atoms with E-state index in [-0.39, 0.29) is 23.7 Å². The third-order valence-corrected chi connectivity index (χ3v) is 6.30. The van der Waals surface area contributed by atoms with E-state index >= 15 is 0 Å². The van der Waals surface area contributed by atoms with Crippen molar-refractivity contribution in [1.29, 1.82) is 0 Å². The zero-order valence-corrected chi connectivity index (χ0v) is 18.0. The number of pyridine rings is 1. The van der Waals surface area contributed by atoms with Crippen LogP contribution in [0.5, 0.6) is 0 Å². The monoisotopic (exact) mass is 417 g/mol. The second-order valence-corrected chi connectivity index (χ2v) is 8.80. The number of nitrogens with two attached hydrogens (primary N) is 1. The average molecular weight is 418 g/mol. The van der Waals surface area contributed by atoms with E-state index < -0.39 is 5.91 Å². The molecule has 1 aliphatic heterocycles. The number of carbonyl (C=O) groups excluding carboxylic acids is 3. The van der Waals surface area contributed by atoms with Crippen molar-refractivity contribution in [2.75, 3.05) is 18.8 Å². The summed E-state index contributed by atoms with van der Waals surface area (Å²) in [4.78, 5) is 44.3. The van der Waals surface area contributed by atoms with Gasteiger partial charge in [-0.15, -0.1) is 11.3 Å². The van der Waals surface area contributed by atoms with E-state index in [1.165, 1.54) is 11.3 Å². The van der Waals surface area contributed by atoms with Crippen molar-refractivity contribution < 1.29 is 14.4 Å². The smallest absolute Gasteiger partial charge is 0.281 e. The molecule has 29 heavy (non-hydrogen) atoms. The number of aromatic nitrogens is 1. The Bertz CT molecular complexity index is 961. The third-order valence-electron chi connectivity index (χ3n) is 5.20. The van der Waals surface area contributed by atoms with Gasteiger partial charge in [0.2, 0.25) is 11.8 Å². The van der Waals surface area contributed by atoms with Crippen LogP contribution in [0.3, 0.4) is 0 Å². The first kappa shape index (κ1) is 21.0. The molecular weight excluding hydrogens is 390 g/mol. The first-order valence-corrected chi connectivity index (χ1v) is 10.6. The zero-order chi connectivity index (χ0) is 21.3. The van der Waals surface area contributed by atoms with Crippen LogP contribution in [-0.2, 0) is 9.59 Å². The quantitative estimate of drug-likeness (QED) is 0.662. The topological polar surface area (TPSA) is 117 Å². The largest absolute Gasteiger partial charge is 0.397 e. The van der Waals surface area contributed by atoms with E-state index in [9.17, 15) is 14.4 Å². The number of rotatable bonds is 3. The summed E-state index contributed by atoms with van der Waals surface area (Å²) in [5, 5.41) is 0.777. The Morgan fingerprint density at radius 1 is 1.21 bits per heavy atom. The van der Waals surface area contributed by atoms with Gasteiger partial charge in [0.1, 0.15) is 9.71 Å². The lowest BCUT2D eigenvalue weighted by Gasteiger charge is -2.32. The van der Waals surface area contributed by atoms with E-state index in [4.69, 9.17) is 5.73 Å². The molecule has 3 amide bonds. The number of piperidine rings is 1. The van der Waals surface area contributed by atoms with Crippen LogP contribution in [0.25, 0.3) is 10.2 Å². The molecule has 0 saturated carbocycles. The number of hydrazine groups is 1. The molecule has 0 aliphatic carbocycles. The number of anilines is 1. The number of nitrogen functional groups attached to an aromatic ring is 1. The summed E-state index contributed by atoms with van der Waals surface area (Å²) in [6.07, 6.45) is 1.15. The number of likely N-dealkylation sites (tertiary alicyclic amines) is 1. The fraction of sp³-hybridized carbons (Fsp3) is 0.500. The molecule has 9 heteroatoms. The molecule has 2 aromatic heterocycles. The molecule has 156 valence electrons. The maximum absolute atomic E-state index is 12.6. The minimum Gasteiger partial charge on any atom is -0.397 e. The van der Waals surface area contributed by atoms with Crippen LogP contribution in [0.1, 0.15) is 47.6 Å². The summed E-state index contributed by atoms with van der Waals surface area (Å²) in [5.41, 5.74) is 13.3. The SMILES string of the molecule is Cc1cc(C)c2c(N)c(C(=O)NNC(=O)C3CCN(C(=O)C(C)C)CC3)sc2n1. The maximum Gasteiger partial charge on any atom is 0.281 e. The van der Waals surface area contributed by atoms with E-state index in [1.54, 1.807) is 4.90 Å². The van der Waals surface area contributed by atoms with Crippen molar-refractivity contribution in [2.24, 2.45) is 11.8 Å². The van der Waals surface area contributed by atoms with Gasteiger partial charge in [-0.1, -0.05) is 13.8 Å². The van der Waals surface area contributed by atoms with Crippen molar-refractivity contribution >= 4 is 45.0 Å². The minimum atomic E-state index is -0.455. The highest BCUT2D eigenvalue weighted by Crippen LogP contribution is 2.34. The molecule has 8 nitrogen and oxygen atoms in total. The molecule has 0 atom stereocenters. The van der Waals surface area contributed by atoms with Gasteiger partial charge in [0, 0.05) is 36.0 Å². The summed E-state index contributed by atoms with van der Waals surface area (Å²) >= 11 is 1.21. The van der Waals surface area contributed by atoms with Crippen molar-refractivity contribution in [2.45, 2.75) is 40.5 Å². The fourth-order valence-corrected chi connectivity index (χ4v) is 4.75. The molecule has 0 radical (unpaired) electrons. The summed E-state index contributed by atoms with van der Waals surface area (Å²) < 4.78 is 0. The molecule has 1 aliphatic rings.